The predicted molar refractivity (Wildman–Crippen MR) is 46.9 cm³/mol. The highest BCUT2D eigenvalue weighted by molar-refractivity contribution is 5.47. The Labute approximate surface area is 77.5 Å². The molecule has 2 bridgehead atoms. The zero-order valence-corrected chi connectivity index (χ0v) is 6.82. The maximum Gasteiger partial charge on any atom is 0.102 e. The maximum absolute atomic E-state index is 8.77. The van der Waals surface area contributed by atoms with Crippen LogP contribution in [0.5, 0.6) is 0 Å². The van der Waals surface area contributed by atoms with Crippen molar-refractivity contribution in [3.63, 3.8) is 0 Å². The van der Waals surface area contributed by atoms with Crippen LogP contribution in [0.15, 0.2) is 30.3 Å². The first-order valence-corrected chi connectivity index (χ1v) is 4.18. The predicted octanol–water partition coefficient (Wildman–Crippen LogP) is 2.24. The zero-order chi connectivity index (χ0) is 9.71. The Bertz CT molecular complexity index is 487. The summed E-state index contributed by atoms with van der Waals surface area (Å²) in [5, 5.41) is 8.77. The fourth-order valence-electron chi connectivity index (χ4n) is 1.86. The van der Waals surface area contributed by atoms with Crippen molar-refractivity contribution in [2.75, 3.05) is 0 Å². The van der Waals surface area contributed by atoms with Crippen molar-refractivity contribution in [3.8, 4) is 6.07 Å². The third-order valence-corrected chi connectivity index (χ3v) is 2.48. The van der Waals surface area contributed by atoms with Gasteiger partial charge in [-0.1, -0.05) is 18.2 Å². The van der Waals surface area contributed by atoms with Gasteiger partial charge in [-0.05, 0) is 23.3 Å². The summed E-state index contributed by atoms with van der Waals surface area (Å²) in [6.45, 7) is 0. The van der Waals surface area contributed by atoms with Gasteiger partial charge in [-0.15, -0.1) is 0 Å². The summed E-state index contributed by atoms with van der Waals surface area (Å²) < 4.78 is 13.4. The monoisotopic (exact) mass is 170 g/mol. The number of benzene rings is 1. The lowest BCUT2D eigenvalue weighted by atomic mass is 9.95. The molecular weight excluding hydrogens is 162 g/mol. The molecule has 0 aliphatic carbocycles. The van der Waals surface area contributed by atoms with Crippen LogP contribution in [0, 0.1) is 11.3 Å². The van der Waals surface area contributed by atoms with E-state index in [0.717, 1.165) is 11.1 Å². The van der Waals surface area contributed by atoms with Gasteiger partial charge in [-0.2, -0.15) is 5.26 Å². The second-order valence-corrected chi connectivity index (χ2v) is 3.23. The summed E-state index contributed by atoms with van der Waals surface area (Å²) in [6.07, 6.45) is 3.85. The van der Waals surface area contributed by atoms with Gasteiger partial charge < -0.3 is 4.74 Å². The number of hydrogen-bond acceptors (Lipinski definition) is 2. The smallest absolute Gasteiger partial charge is 0.102 e. The molecule has 0 aromatic heterocycles. The standard InChI is InChI=1S/C11H7NO/c12-6-7-1-2-8-9(5-7)11-4-3-10(8)13-11/h1-5,10-11H/i2D. The van der Waals surface area contributed by atoms with E-state index in [9.17, 15) is 0 Å². The highest BCUT2D eigenvalue weighted by atomic mass is 16.5. The fourth-order valence-corrected chi connectivity index (χ4v) is 1.86. The van der Waals surface area contributed by atoms with Gasteiger partial charge in [0.25, 0.3) is 0 Å². The Kier molecular flexibility index (Phi) is 1.01. The topological polar surface area (TPSA) is 33.0 Å². The zero-order valence-electron chi connectivity index (χ0n) is 7.82. The van der Waals surface area contributed by atoms with Gasteiger partial charge in [-0.25, -0.2) is 0 Å². The minimum Gasteiger partial charge on any atom is -0.357 e. The van der Waals surface area contributed by atoms with E-state index in [0.29, 0.717) is 11.6 Å². The van der Waals surface area contributed by atoms with Gasteiger partial charge >= 0.3 is 0 Å². The number of rotatable bonds is 0. The van der Waals surface area contributed by atoms with Crippen molar-refractivity contribution in [3.05, 3.63) is 47.0 Å². The van der Waals surface area contributed by atoms with Gasteiger partial charge in [0.2, 0.25) is 0 Å². The summed E-state index contributed by atoms with van der Waals surface area (Å²) in [6, 6.07) is 5.89. The first-order chi connectivity index (χ1) is 6.79. The van der Waals surface area contributed by atoms with Crippen LogP contribution < -0.4 is 0 Å². The van der Waals surface area contributed by atoms with Gasteiger partial charge in [-0.3, -0.25) is 0 Å². The summed E-state index contributed by atoms with van der Waals surface area (Å²) in [5.74, 6) is 0. The van der Waals surface area contributed by atoms with Crippen LogP contribution >= 0.6 is 0 Å². The molecule has 2 aliphatic rings. The Morgan fingerprint density at radius 3 is 2.92 bits per heavy atom. The molecule has 1 aromatic carbocycles. The number of ether oxygens (including phenoxy) is 1. The van der Waals surface area contributed by atoms with E-state index in [2.05, 4.69) is 6.07 Å². The Morgan fingerprint density at radius 1 is 1.38 bits per heavy atom. The SMILES string of the molecule is [2H]c1cc(C#N)cc2c1C1C=CC2O1. The molecule has 0 spiro atoms. The summed E-state index contributed by atoms with van der Waals surface area (Å²) in [4.78, 5) is 0. The number of fused-ring (bicyclic) bond motifs is 5. The van der Waals surface area contributed by atoms with Gasteiger partial charge in [0.05, 0.1) is 13.0 Å². The van der Waals surface area contributed by atoms with Crippen molar-refractivity contribution in [1.29, 1.82) is 5.26 Å². The lowest BCUT2D eigenvalue weighted by Gasteiger charge is -2.05. The number of hydrogen-bond donors (Lipinski definition) is 0. The van der Waals surface area contributed by atoms with E-state index in [1.165, 1.54) is 0 Å². The van der Waals surface area contributed by atoms with Gasteiger partial charge in [0, 0.05) is 0 Å². The van der Waals surface area contributed by atoms with Crippen LogP contribution in [0.2, 0.25) is 0 Å². The molecule has 2 nitrogen and oxygen atoms in total. The molecule has 2 heteroatoms. The van der Waals surface area contributed by atoms with Crippen LogP contribution in [0.25, 0.3) is 0 Å². The molecule has 0 amide bonds. The molecule has 0 radical (unpaired) electrons. The van der Waals surface area contributed by atoms with Crippen LogP contribution in [0.1, 0.15) is 30.3 Å². The second-order valence-electron chi connectivity index (χ2n) is 3.23. The van der Waals surface area contributed by atoms with Crippen LogP contribution in [0.3, 0.4) is 0 Å². The van der Waals surface area contributed by atoms with Gasteiger partial charge in [0.1, 0.15) is 12.2 Å². The molecule has 0 saturated heterocycles. The van der Waals surface area contributed by atoms with Crippen molar-refractivity contribution in [1.82, 2.24) is 0 Å². The van der Waals surface area contributed by atoms with E-state index < -0.39 is 0 Å². The highest BCUT2D eigenvalue weighted by Gasteiger charge is 2.33. The lowest BCUT2D eigenvalue weighted by molar-refractivity contribution is 0.0878. The first kappa shape index (κ1) is 5.95. The number of nitriles is 1. The first-order valence-electron chi connectivity index (χ1n) is 4.68. The summed E-state index contributed by atoms with van der Waals surface area (Å²) in [5.41, 5.74) is 2.45. The average Bonchev–Trinajstić information content (AvgIpc) is 2.77. The maximum atomic E-state index is 8.77. The molecule has 2 aliphatic heterocycles. The van der Waals surface area contributed by atoms with E-state index in [1.807, 2.05) is 18.2 Å². The Balaban J connectivity index is 2.27. The van der Waals surface area contributed by atoms with E-state index in [-0.39, 0.29) is 12.2 Å². The molecule has 62 valence electrons. The van der Waals surface area contributed by atoms with Crippen LogP contribution in [-0.2, 0) is 4.74 Å². The molecular formula is C11H7NO. The lowest BCUT2D eigenvalue weighted by Crippen LogP contribution is -1.92. The largest absolute Gasteiger partial charge is 0.357 e. The van der Waals surface area contributed by atoms with Crippen molar-refractivity contribution >= 4 is 0 Å². The summed E-state index contributed by atoms with van der Waals surface area (Å²) >= 11 is 0. The third-order valence-electron chi connectivity index (χ3n) is 2.48. The van der Waals surface area contributed by atoms with E-state index in [4.69, 9.17) is 11.4 Å². The fraction of sp³-hybridized carbons (Fsp3) is 0.182. The highest BCUT2D eigenvalue weighted by Crippen LogP contribution is 2.45. The minimum atomic E-state index is -0.0600. The summed E-state index contributed by atoms with van der Waals surface area (Å²) in [7, 11) is 0. The average molecular weight is 170 g/mol. The second kappa shape index (κ2) is 2.21. The molecule has 2 unspecified atom stereocenters. The normalized spacial score (nSPS) is 28.4. The molecule has 0 N–H and O–H groups in total. The Morgan fingerprint density at radius 2 is 2.15 bits per heavy atom. The van der Waals surface area contributed by atoms with Crippen LogP contribution in [0.4, 0.5) is 0 Å². The molecule has 3 rings (SSSR count). The van der Waals surface area contributed by atoms with Crippen molar-refractivity contribution in [2.24, 2.45) is 0 Å². The molecule has 0 saturated carbocycles. The molecule has 0 fully saturated rings. The van der Waals surface area contributed by atoms with Gasteiger partial charge in [0.15, 0.2) is 0 Å². The van der Waals surface area contributed by atoms with E-state index in [1.54, 1.807) is 6.07 Å². The van der Waals surface area contributed by atoms with E-state index >= 15 is 0 Å². The van der Waals surface area contributed by atoms with Crippen molar-refractivity contribution in [2.45, 2.75) is 12.2 Å². The molecule has 2 atom stereocenters. The molecule has 13 heavy (non-hydrogen) atoms. The number of nitrogens with zero attached hydrogens (tertiary/aromatic N) is 1. The third kappa shape index (κ3) is 0.796. The molecule has 2 heterocycles. The van der Waals surface area contributed by atoms with Crippen LogP contribution in [-0.4, -0.2) is 0 Å². The quantitative estimate of drug-likeness (QED) is 0.559. The molecule has 1 aromatic rings. The van der Waals surface area contributed by atoms with Crippen molar-refractivity contribution < 1.29 is 6.11 Å². The minimum absolute atomic E-state index is 0.0348. The Hall–Kier alpha value is -1.59.